The molecular weight excluding hydrogens is 265 g/mol. The second-order valence-corrected chi connectivity index (χ2v) is 6.47. The molecule has 0 bridgehead atoms. The summed E-state index contributed by atoms with van der Waals surface area (Å²) in [5, 5.41) is 0. The molecule has 2 nitrogen and oxygen atoms in total. The van der Waals surface area contributed by atoms with Crippen LogP contribution in [0.2, 0.25) is 0 Å². The van der Waals surface area contributed by atoms with Crippen molar-refractivity contribution in [2.75, 3.05) is 13.1 Å². The lowest BCUT2D eigenvalue weighted by Gasteiger charge is -2.44. The van der Waals surface area contributed by atoms with E-state index >= 15 is 0 Å². The van der Waals surface area contributed by atoms with Gasteiger partial charge in [0.05, 0.1) is 0 Å². The average molecular weight is 289 g/mol. The summed E-state index contributed by atoms with van der Waals surface area (Å²) in [6.45, 7) is 1.95. The van der Waals surface area contributed by atoms with Gasteiger partial charge in [0, 0.05) is 24.6 Å². The Hall–Kier alpha value is -1.22. The molecule has 1 heterocycles. The van der Waals surface area contributed by atoms with Crippen molar-refractivity contribution in [3.8, 4) is 0 Å². The molecule has 1 aromatic carbocycles. The highest BCUT2D eigenvalue weighted by atomic mass is 19.1. The van der Waals surface area contributed by atoms with Gasteiger partial charge >= 0.3 is 0 Å². The van der Waals surface area contributed by atoms with E-state index in [9.17, 15) is 9.18 Å². The Bertz CT molecular complexity index is 500. The normalized spacial score (nSPS) is 26.3. The van der Waals surface area contributed by atoms with Gasteiger partial charge in [0.2, 0.25) is 0 Å². The molecule has 1 saturated heterocycles. The van der Waals surface area contributed by atoms with E-state index in [1.165, 1.54) is 50.7 Å². The van der Waals surface area contributed by atoms with Crippen molar-refractivity contribution < 1.29 is 9.18 Å². The maximum absolute atomic E-state index is 13.2. The van der Waals surface area contributed by atoms with Gasteiger partial charge in [-0.1, -0.05) is 25.0 Å². The lowest BCUT2D eigenvalue weighted by molar-refractivity contribution is 0.0575. The van der Waals surface area contributed by atoms with Crippen molar-refractivity contribution in [1.82, 2.24) is 4.90 Å². The number of likely N-dealkylation sites (tertiary alicyclic amines) is 1. The summed E-state index contributed by atoms with van der Waals surface area (Å²) in [6, 6.07) is 6.74. The Morgan fingerprint density at radius 3 is 2.86 bits per heavy atom. The van der Waals surface area contributed by atoms with Gasteiger partial charge < -0.3 is 0 Å². The molecule has 1 aliphatic heterocycles. The molecule has 1 aliphatic carbocycles. The highest BCUT2D eigenvalue weighted by Gasteiger charge is 2.32. The molecule has 0 unspecified atom stereocenters. The predicted octanol–water partition coefficient (Wildman–Crippen LogP) is 4.05. The zero-order valence-corrected chi connectivity index (χ0v) is 12.6. The Morgan fingerprint density at radius 2 is 2.00 bits per heavy atom. The molecule has 2 atom stereocenters. The van der Waals surface area contributed by atoms with E-state index in [-0.39, 0.29) is 11.6 Å². The maximum atomic E-state index is 13.2. The van der Waals surface area contributed by atoms with Gasteiger partial charge in [-0.2, -0.15) is 0 Å². The molecule has 2 fully saturated rings. The van der Waals surface area contributed by atoms with Crippen LogP contribution in [0, 0.1) is 11.7 Å². The summed E-state index contributed by atoms with van der Waals surface area (Å²) in [5.74, 6) is 0.579. The summed E-state index contributed by atoms with van der Waals surface area (Å²) in [6.07, 6.45) is 8.48. The van der Waals surface area contributed by atoms with Crippen molar-refractivity contribution in [2.24, 2.45) is 5.92 Å². The second kappa shape index (κ2) is 6.69. The number of hydrogen-bond donors (Lipinski definition) is 0. The summed E-state index contributed by atoms with van der Waals surface area (Å²) in [5.41, 5.74) is 0.507. The number of halogens is 1. The highest BCUT2D eigenvalue weighted by Crippen LogP contribution is 2.35. The minimum absolute atomic E-state index is 0.0624. The number of carbonyl (C=O) groups is 1. The number of nitrogens with zero attached hydrogens (tertiary/aromatic N) is 1. The average Bonchev–Trinajstić information content (AvgIpc) is 2.52. The topological polar surface area (TPSA) is 20.3 Å². The molecule has 3 rings (SSSR count). The molecule has 0 aromatic heterocycles. The molecule has 1 aromatic rings. The largest absolute Gasteiger partial charge is 0.300 e. The first-order chi connectivity index (χ1) is 10.2. The summed E-state index contributed by atoms with van der Waals surface area (Å²) in [4.78, 5) is 14.7. The van der Waals surface area contributed by atoms with Crippen LogP contribution in [0.5, 0.6) is 0 Å². The second-order valence-electron chi connectivity index (χ2n) is 6.47. The van der Waals surface area contributed by atoms with Gasteiger partial charge in [-0.05, 0) is 50.3 Å². The van der Waals surface area contributed by atoms with Crippen LogP contribution in [0.1, 0.15) is 55.3 Å². The van der Waals surface area contributed by atoms with Crippen LogP contribution in [0.15, 0.2) is 24.3 Å². The van der Waals surface area contributed by atoms with E-state index in [1.54, 1.807) is 12.1 Å². The van der Waals surface area contributed by atoms with Crippen LogP contribution in [-0.2, 0) is 0 Å². The van der Waals surface area contributed by atoms with E-state index in [1.807, 2.05) is 0 Å². The van der Waals surface area contributed by atoms with Crippen molar-refractivity contribution in [2.45, 2.75) is 51.0 Å². The molecular formula is C18H24FNO. The van der Waals surface area contributed by atoms with E-state index in [2.05, 4.69) is 4.90 Å². The Balaban J connectivity index is 1.57. The minimum atomic E-state index is -0.328. The van der Waals surface area contributed by atoms with E-state index in [0.717, 1.165) is 19.0 Å². The van der Waals surface area contributed by atoms with Crippen LogP contribution < -0.4 is 0 Å². The molecule has 0 amide bonds. The maximum Gasteiger partial charge on any atom is 0.164 e. The lowest BCUT2D eigenvalue weighted by Crippen LogP contribution is -2.47. The van der Waals surface area contributed by atoms with Crippen molar-refractivity contribution >= 4 is 5.78 Å². The summed E-state index contributed by atoms with van der Waals surface area (Å²) < 4.78 is 13.2. The fourth-order valence-electron chi connectivity index (χ4n) is 4.06. The molecule has 0 N–H and O–H groups in total. The third-order valence-corrected chi connectivity index (χ3v) is 5.13. The fourth-order valence-corrected chi connectivity index (χ4v) is 4.06. The van der Waals surface area contributed by atoms with Crippen LogP contribution in [-0.4, -0.2) is 29.8 Å². The first-order valence-electron chi connectivity index (χ1n) is 8.27. The number of Topliss-reactive ketones (excluding diaryl/α,β-unsaturated/α-hetero) is 1. The third-order valence-electron chi connectivity index (χ3n) is 5.13. The molecule has 114 valence electrons. The van der Waals surface area contributed by atoms with Gasteiger partial charge in [0.25, 0.3) is 0 Å². The SMILES string of the molecule is O=C(CCN1CCC[C@H]2CCCC[C@H]21)c1cccc(F)c1. The number of ketones is 1. The van der Waals surface area contributed by atoms with E-state index in [0.29, 0.717) is 18.0 Å². The zero-order valence-electron chi connectivity index (χ0n) is 12.6. The van der Waals surface area contributed by atoms with E-state index in [4.69, 9.17) is 0 Å². The van der Waals surface area contributed by atoms with Crippen molar-refractivity contribution in [3.63, 3.8) is 0 Å². The predicted molar refractivity (Wildman–Crippen MR) is 81.9 cm³/mol. The molecule has 1 saturated carbocycles. The van der Waals surface area contributed by atoms with E-state index < -0.39 is 0 Å². The first kappa shape index (κ1) is 14.7. The Kier molecular flexibility index (Phi) is 4.69. The van der Waals surface area contributed by atoms with Gasteiger partial charge in [0.15, 0.2) is 5.78 Å². The molecule has 3 heteroatoms. The van der Waals surface area contributed by atoms with Crippen LogP contribution in [0.25, 0.3) is 0 Å². The van der Waals surface area contributed by atoms with Crippen LogP contribution in [0.4, 0.5) is 4.39 Å². The van der Waals surface area contributed by atoms with Crippen molar-refractivity contribution in [1.29, 1.82) is 0 Å². The minimum Gasteiger partial charge on any atom is -0.300 e. The summed E-state index contributed by atoms with van der Waals surface area (Å²) in [7, 11) is 0. The zero-order chi connectivity index (χ0) is 14.7. The first-order valence-corrected chi connectivity index (χ1v) is 8.27. The highest BCUT2D eigenvalue weighted by molar-refractivity contribution is 5.96. The quantitative estimate of drug-likeness (QED) is 0.779. The number of fused-ring (bicyclic) bond motifs is 1. The lowest BCUT2D eigenvalue weighted by atomic mass is 9.78. The number of carbonyl (C=O) groups excluding carboxylic acids is 1. The third kappa shape index (κ3) is 3.52. The monoisotopic (exact) mass is 289 g/mol. The standard InChI is InChI=1S/C18H24FNO/c19-16-8-3-6-15(13-16)18(21)10-12-20-11-4-7-14-5-1-2-9-17(14)20/h3,6,8,13-14,17H,1-2,4-5,7,9-12H2/t14-,17-/m1/s1. The van der Waals surface area contributed by atoms with Crippen molar-refractivity contribution in [3.05, 3.63) is 35.6 Å². The number of benzene rings is 1. The van der Waals surface area contributed by atoms with Crippen LogP contribution >= 0.6 is 0 Å². The Morgan fingerprint density at radius 1 is 1.19 bits per heavy atom. The van der Waals surface area contributed by atoms with Gasteiger partial charge in [-0.3, -0.25) is 9.69 Å². The molecule has 21 heavy (non-hydrogen) atoms. The van der Waals surface area contributed by atoms with Crippen LogP contribution in [0.3, 0.4) is 0 Å². The molecule has 0 spiro atoms. The van der Waals surface area contributed by atoms with Gasteiger partial charge in [-0.15, -0.1) is 0 Å². The van der Waals surface area contributed by atoms with Gasteiger partial charge in [0.1, 0.15) is 5.82 Å². The molecule has 0 radical (unpaired) electrons. The fraction of sp³-hybridized carbons (Fsp3) is 0.611. The Labute approximate surface area is 126 Å². The summed E-state index contributed by atoms with van der Waals surface area (Å²) >= 11 is 0. The number of rotatable bonds is 4. The molecule has 2 aliphatic rings. The number of hydrogen-bond acceptors (Lipinski definition) is 2. The smallest absolute Gasteiger partial charge is 0.164 e. The number of piperidine rings is 1. The van der Waals surface area contributed by atoms with Gasteiger partial charge in [-0.25, -0.2) is 4.39 Å².